The molecule has 2 heterocycles. The first-order valence-electron chi connectivity index (χ1n) is 10.8. The van der Waals surface area contributed by atoms with Gasteiger partial charge >= 0.3 is 5.97 Å². The predicted molar refractivity (Wildman–Crippen MR) is 123 cm³/mol. The summed E-state index contributed by atoms with van der Waals surface area (Å²) in [6.45, 7) is 0.794. The van der Waals surface area contributed by atoms with E-state index in [1.165, 1.54) is 12.3 Å². The number of halogens is 1. The van der Waals surface area contributed by atoms with Crippen LogP contribution in [-0.2, 0) is 16.1 Å². The number of cyclic esters (lactones) is 1. The molecule has 1 aromatic heterocycles. The Balaban J connectivity index is 1.56. The molecule has 2 aromatic carbocycles. The van der Waals surface area contributed by atoms with Crippen molar-refractivity contribution in [3.63, 3.8) is 0 Å². The van der Waals surface area contributed by atoms with Crippen LogP contribution in [0.25, 0.3) is 11.1 Å². The number of pyridine rings is 1. The topological polar surface area (TPSA) is 123 Å². The minimum absolute atomic E-state index is 0.0225. The highest BCUT2D eigenvalue weighted by atomic mass is 19.1. The minimum atomic E-state index is -0.640. The van der Waals surface area contributed by atoms with E-state index in [0.29, 0.717) is 35.3 Å². The van der Waals surface area contributed by atoms with Crippen LogP contribution < -0.4 is 16.4 Å². The summed E-state index contributed by atoms with van der Waals surface area (Å²) in [4.78, 5) is 40.7. The summed E-state index contributed by atoms with van der Waals surface area (Å²) >= 11 is 0. The van der Waals surface area contributed by atoms with Crippen LogP contribution in [0.4, 0.5) is 10.1 Å². The summed E-state index contributed by atoms with van der Waals surface area (Å²) in [6, 6.07) is 13.3. The molecule has 4 N–H and O–H groups in total. The number of amides is 2. The molecule has 1 aliphatic heterocycles. The van der Waals surface area contributed by atoms with E-state index in [1.807, 2.05) is 6.07 Å². The van der Waals surface area contributed by atoms with E-state index in [-0.39, 0.29) is 36.6 Å². The average Bonchev–Trinajstić information content (AvgIpc) is 3.28. The molecule has 4 rings (SSSR count). The van der Waals surface area contributed by atoms with Gasteiger partial charge in [-0.2, -0.15) is 0 Å². The largest absolute Gasteiger partial charge is 0.465 e. The van der Waals surface area contributed by atoms with Gasteiger partial charge in [0.2, 0.25) is 0 Å². The number of aromatic nitrogens is 1. The van der Waals surface area contributed by atoms with Crippen LogP contribution in [0, 0.1) is 11.7 Å². The normalized spacial score (nSPS) is 15.0. The number of ether oxygens (including phenoxy) is 1. The number of hydrogen-bond donors (Lipinski definition) is 3. The highest BCUT2D eigenvalue weighted by Crippen LogP contribution is 2.27. The van der Waals surface area contributed by atoms with Crippen molar-refractivity contribution in [2.24, 2.45) is 11.7 Å². The molecule has 8 nitrogen and oxygen atoms in total. The quantitative estimate of drug-likeness (QED) is 0.464. The molecule has 1 unspecified atom stereocenters. The fourth-order valence-electron chi connectivity index (χ4n) is 3.70. The van der Waals surface area contributed by atoms with Gasteiger partial charge in [0.05, 0.1) is 24.4 Å². The molecule has 2 amide bonds. The van der Waals surface area contributed by atoms with Crippen LogP contribution in [0.1, 0.15) is 32.7 Å². The first-order chi connectivity index (χ1) is 16.5. The van der Waals surface area contributed by atoms with Gasteiger partial charge in [-0.25, -0.2) is 4.39 Å². The molecular formula is C25H23FN4O4. The molecule has 3 aromatic rings. The van der Waals surface area contributed by atoms with Crippen LogP contribution in [0.2, 0.25) is 0 Å². The van der Waals surface area contributed by atoms with Crippen LogP contribution in [0.3, 0.4) is 0 Å². The van der Waals surface area contributed by atoms with Crippen molar-refractivity contribution in [3.05, 3.63) is 83.4 Å². The third-order valence-electron chi connectivity index (χ3n) is 5.60. The first-order valence-corrected chi connectivity index (χ1v) is 10.8. The number of nitrogens with two attached hydrogens (primary N) is 1. The third-order valence-corrected chi connectivity index (χ3v) is 5.60. The Morgan fingerprint density at radius 3 is 2.68 bits per heavy atom. The van der Waals surface area contributed by atoms with Gasteiger partial charge in [-0.3, -0.25) is 19.4 Å². The van der Waals surface area contributed by atoms with Crippen molar-refractivity contribution in [1.29, 1.82) is 0 Å². The first kappa shape index (κ1) is 23.1. The summed E-state index contributed by atoms with van der Waals surface area (Å²) in [5.74, 6) is -2.09. The molecule has 0 radical (unpaired) electrons. The zero-order valence-corrected chi connectivity index (χ0v) is 18.2. The summed E-state index contributed by atoms with van der Waals surface area (Å²) in [5, 5.41) is 5.30. The molecule has 0 saturated carbocycles. The Labute approximate surface area is 195 Å². The number of anilines is 1. The van der Waals surface area contributed by atoms with E-state index in [2.05, 4.69) is 15.6 Å². The minimum Gasteiger partial charge on any atom is -0.465 e. The van der Waals surface area contributed by atoms with E-state index in [0.717, 1.165) is 11.8 Å². The molecule has 0 bridgehead atoms. The van der Waals surface area contributed by atoms with E-state index < -0.39 is 11.7 Å². The fourth-order valence-corrected chi connectivity index (χ4v) is 3.70. The molecule has 0 spiro atoms. The number of rotatable bonds is 7. The lowest BCUT2D eigenvalue weighted by Crippen LogP contribution is -2.31. The maximum atomic E-state index is 13.9. The van der Waals surface area contributed by atoms with Crippen LogP contribution in [0.5, 0.6) is 0 Å². The van der Waals surface area contributed by atoms with Crippen molar-refractivity contribution in [2.75, 3.05) is 18.5 Å². The van der Waals surface area contributed by atoms with E-state index >= 15 is 0 Å². The number of benzene rings is 2. The molecule has 1 fully saturated rings. The second kappa shape index (κ2) is 10.2. The van der Waals surface area contributed by atoms with Crippen LogP contribution >= 0.6 is 0 Å². The zero-order chi connectivity index (χ0) is 24.1. The highest BCUT2D eigenvalue weighted by molar-refractivity contribution is 6.05. The Bertz CT molecular complexity index is 1250. The number of esters is 1. The molecule has 0 aliphatic carbocycles. The Morgan fingerprint density at radius 2 is 1.94 bits per heavy atom. The smallest absolute Gasteiger partial charge is 0.310 e. The summed E-state index contributed by atoms with van der Waals surface area (Å²) in [7, 11) is 0. The molecular weight excluding hydrogens is 439 g/mol. The summed E-state index contributed by atoms with van der Waals surface area (Å²) in [6.07, 6.45) is 2.98. The Morgan fingerprint density at radius 1 is 1.12 bits per heavy atom. The van der Waals surface area contributed by atoms with Gasteiger partial charge in [-0.1, -0.05) is 18.2 Å². The lowest BCUT2D eigenvalue weighted by Gasteiger charge is -2.13. The SMILES string of the molecule is NCc1ccc(C(=O)Nc2ccncc2F)cc1-c1cccc(C(=O)NCC2CCOC2=O)c1. The average molecular weight is 462 g/mol. The number of carbonyl (C=O) groups excluding carboxylic acids is 3. The third kappa shape index (κ3) is 5.10. The van der Waals surface area contributed by atoms with Crippen molar-refractivity contribution >= 4 is 23.5 Å². The lowest BCUT2D eigenvalue weighted by molar-refractivity contribution is -0.141. The van der Waals surface area contributed by atoms with Gasteiger partial charge in [0.15, 0.2) is 5.82 Å². The fraction of sp³-hybridized carbons (Fsp3) is 0.200. The van der Waals surface area contributed by atoms with E-state index in [9.17, 15) is 18.8 Å². The van der Waals surface area contributed by atoms with Gasteiger partial charge in [-0.05, 0) is 53.4 Å². The molecule has 1 aliphatic rings. The van der Waals surface area contributed by atoms with Gasteiger partial charge in [-0.15, -0.1) is 0 Å². The predicted octanol–water partition coefficient (Wildman–Crippen LogP) is 2.89. The van der Waals surface area contributed by atoms with Gasteiger partial charge in [0, 0.05) is 30.4 Å². The molecule has 1 atom stereocenters. The van der Waals surface area contributed by atoms with E-state index in [4.69, 9.17) is 10.5 Å². The second-order valence-electron chi connectivity index (χ2n) is 7.83. The highest BCUT2D eigenvalue weighted by Gasteiger charge is 2.26. The summed E-state index contributed by atoms with van der Waals surface area (Å²) < 4.78 is 18.8. The lowest BCUT2D eigenvalue weighted by atomic mass is 9.95. The van der Waals surface area contributed by atoms with Crippen molar-refractivity contribution in [3.8, 4) is 11.1 Å². The summed E-state index contributed by atoms with van der Waals surface area (Å²) in [5.41, 5.74) is 8.78. The number of nitrogens with one attached hydrogen (secondary N) is 2. The van der Waals surface area contributed by atoms with Gasteiger partial charge in [0.1, 0.15) is 0 Å². The van der Waals surface area contributed by atoms with Crippen molar-refractivity contribution < 1.29 is 23.5 Å². The second-order valence-corrected chi connectivity index (χ2v) is 7.83. The maximum absolute atomic E-state index is 13.9. The van der Waals surface area contributed by atoms with E-state index in [1.54, 1.807) is 36.4 Å². The monoisotopic (exact) mass is 462 g/mol. The molecule has 34 heavy (non-hydrogen) atoms. The molecule has 1 saturated heterocycles. The Kier molecular flexibility index (Phi) is 6.93. The van der Waals surface area contributed by atoms with Crippen LogP contribution in [-0.4, -0.2) is 35.9 Å². The molecule has 9 heteroatoms. The standard InChI is InChI=1S/C25H23FN4O4/c26-21-14-28-8-6-22(21)30-24(32)17-4-5-18(12-27)20(11-17)15-2-1-3-16(10-15)23(31)29-13-19-7-9-34-25(19)33/h1-6,8,10-11,14,19H,7,9,12-13,27H2,(H,29,31)(H,28,30,32). The maximum Gasteiger partial charge on any atom is 0.310 e. The Hall–Kier alpha value is -4.11. The number of hydrogen-bond acceptors (Lipinski definition) is 6. The molecule has 174 valence electrons. The number of carbonyl (C=O) groups is 3. The zero-order valence-electron chi connectivity index (χ0n) is 18.2. The van der Waals surface area contributed by atoms with Crippen molar-refractivity contribution in [2.45, 2.75) is 13.0 Å². The van der Waals surface area contributed by atoms with Gasteiger partial charge < -0.3 is 21.1 Å². The van der Waals surface area contributed by atoms with Crippen molar-refractivity contribution in [1.82, 2.24) is 10.3 Å². The van der Waals surface area contributed by atoms with Gasteiger partial charge in [0.25, 0.3) is 11.8 Å². The number of nitrogens with zero attached hydrogens (tertiary/aromatic N) is 1. The van der Waals surface area contributed by atoms with Crippen LogP contribution in [0.15, 0.2) is 60.9 Å².